The minimum Gasteiger partial charge on any atom is -0.462 e. The molecule has 10 heteroatoms. The van der Waals surface area contributed by atoms with E-state index in [0.29, 0.717) is 21.3 Å². The third kappa shape index (κ3) is 3.48. The van der Waals surface area contributed by atoms with Gasteiger partial charge in [-0.1, -0.05) is 6.07 Å². The summed E-state index contributed by atoms with van der Waals surface area (Å²) in [6, 6.07) is 5.06. The van der Waals surface area contributed by atoms with E-state index in [4.69, 9.17) is 14.3 Å². The van der Waals surface area contributed by atoms with Gasteiger partial charge in [0.25, 0.3) is 11.8 Å². The number of carbonyl (C=O) groups excluding carboxylic acids is 3. The summed E-state index contributed by atoms with van der Waals surface area (Å²) in [5.41, 5.74) is 0.595. The van der Waals surface area contributed by atoms with E-state index < -0.39 is 47.6 Å². The van der Waals surface area contributed by atoms with E-state index in [9.17, 15) is 24.6 Å². The monoisotopic (exact) mass is 409 g/mol. The number of aliphatic hydroxyl groups excluding tert-OH is 2. The molecule has 3 aliphatic heterocycles. The van der Waals surface area contributed by atoms with Crippen molar-refractivity contribution in [3.63, 3.8) is 0 Å². The average Bonchev–Trinajstić information content (AvgIpc) is 2.97. The van der Waals surface area contributed by atoms with Gasteiger partial charge in [-0.3, -0.25) is 9.59 Å². The van der Waals surface area contributed by atoms with Gasteiger partial charge in [0.15, 0.2) is 0 Å². The molecule has 0 aromatic heterocycles. The van der Waals surface area contributed by atoms with Crippen molar-refractivity contribution >= 4 is 29.5 Å². The number of hydroxylamine groups is 2. The van der Waals surface area contributed by atoms with E-state index in [1.54, 1.807) is 25.1 Å². The predicted octanol–water partition coefficient (Wildman–Crippen LogP) is 0.156. The number of carbonyl (C=O) groups is 3. The van der Waals surface area contributed by atoms with Gasteiger partial charge in [0.05, 0.1) is 17.4 Å². The van der Waals surface area contributed by atoms with Crippen LogP contribution in [0.25, 0.3) is 0 Å². The normalized spacial score (nSPS) is 31.8. The molecule has 5 unspecified atom stereocenters. The number of aliphatic hydroxyl groups is 2. The molecule has 3 heterocycles. The number of imide groups is 1. The molecule has 0 bridgehead atoms. The second-order valence-electron chi connectivity index (χ2n) is 6.89. The maximum Gasteiger partial charge on any atom is 0.337 e. The third-order valence-electron chi connectivity index (χ3n) is 4.85. The lowest BCUT2D eigenvalue weighted by molar-refractivity contribution is -0.213. The number of rotatable bonds is 3. The highest BCUT2D eigenvalue weighted by molar-refractivity contribution is 8.00. The minimum atomic E-state index is -1.02. The molecule has 1 aromatic rings. The topological polar surface area (TPSA) is 123 Å². The van der Waals surface area contributed by atoms with Gasteiger partial charge in [0.2, 0.25) is 6.29 Å². The van der Waals surface area contributed by atoms with Crippen LogP contribution in [0.4, 0.5) is 0 Å². The molecule has 3 aliphatic rings. The largest absolute Gasteiger partial charge is 0.462 e. The van der Waals surface area contributed by atoms with E-state index in [-0.39, 0.29) is 19.3 Å². The Kier molecular flexibility index (Phi) is 5.04. The number of fused-ring (bicyclic) bond motifs is 2. The van der Waals surface area contributed by atoms with Crippen molar-refractivity contribution in [3.8, 4) is 5.75 Å². The van der Waals surface area contributed by atoms with Crippen LogP contribution in [0, 0.1) is 0 Å². The first kappa shape index (κ1) is 19.2. The highest BCUT2D eigenvalue weighted by Crippen LogP contribution is 2.44. The van der Waals surface area contributed by atoms with Gasteiger partial charge in [0, 0.05) is 12.8 Å². The summed E-state index contributed by atoms with van der Waals surface area (Å²) in [5.74, 6) is -1.24. The number of thioether (sulfide) groups is 1. The molecular weight excluding hydrogens is 390 g/mol. The van der Waals surface area contributed by atoms with Crippen LogP contribution >= 0.6 is 11.8 Å². The van der Waals surface area contributed by atoms with Crippen molar-refractivity contribution in [3.05, 3.63) is 23.8 Å². The summed E-state index contributed by atoms with van der Waals surface area (Å²) in [4.78, 5) is 40.7. The Labute approximate surface area is 164 Å². The van der Waals surface area contributed by atoms with Crippen molar-refractivity contribution < 1.29 is 38.9 Å². The molecule has 4 rings (SSSR count). The molecule has 9 nitrogen and oxygen atoms in total. The molecule has 5 atom stereocenters. The minimum absolute atomic E-state index is 0.0381. The van der Waals surface area contributed by atoms with Gasteiger partial charge >= 0.3 is 5.97 Å². The number of amides is 2. The fourth-order valence-electron chi connectivity index (χ4n) is 3.30. The zero-order valence-corrected chi connectivity index (χ0v) is 15.8. The van der Waals surface area contributed by atoms with E-state index in [1.165, 1.54) is 11.8 Å². The molecule has 2 fully saturated rings. The Hall–Kier alpha value is -2.14. The van der Waals surface area contributed by atoms with Gasteiger partial charge in [-0.25, -0.2) is 4.79 Å². The molecule has 28 heavy (non-hydrogen) atoms. The van der Waals surface area contributed by atoms with Gasteiger partial charge in [-0.15, -0.1) is 16.8 Å². The van der Waals surface area contributed by atoms with E-state index in [2.05, 4.69) is 0 Å². The lowest BCUT2D eigenvalue weighted by Crippen LogP contribution is -2.57. The quantitative estimate of drug-likeness (QED) is 0.672. The molecular formula is C18H19NO8S. The van der Waals surface area contributed by atoms with Crippen LogP contribution in [0.5, 0.6) is 5.75 Å². The summed E-state index contributed by atoms with van der Waals surface area (Å²) in [6.45, 7) is 1.66. The van der Waals surface area contributed by atoms with Crippen LogP contribution in [0.1, 0.15) is 25.3 Å². The van der Waals surface area contributed by atoms with Gasteiger partial charge in [0.1, 0.15) is 23.2 Å². The standard InChI is InChI=1S/C18H19NO8S/c1-8-15(23)16(24)17-18(25-8)26-10-3-2-9(6-11(10)28-17)7-14(22)27-19-12(20)4-5-13(19)21/h2-3,6,8,15-18,23-24H,4-5,7H2,1H3. The Morgan fingerprint density at radius 3 is 2.68 bits per heavy atom. The fourth-order valence-corrected chi connectivity index (χ4v) is 4.58. The van der Waals surface area contributed by atoms with Gasteiger partial charge < -0.3 is 24.5 Å². The first-order valence-electron chi connectivity index (χ1n) is 8.88. The first-order valence-corrected chi connectivity index (χ1v) is 9.76. The second kappa shape index (κ2) is 7.36. The zero-order valence-electron chi connectivity index (χ0n) is 14.9. The van der Waals surface area contributed by atoms with Crippen molar-refractivity contribution in [2.45, 2.75) is 60.9 Å². The molecule has 2 amide bonds. The maximum absolute atomic E-state index is 12.1. The van der Waals surface area contributed by atoms with Crippen LogP contribution < -0.4 is 4.74 Å². The van der Waals surface area contributed by atoms with Crippen LogP contribution in [0.15, 0.2) is 23.1 Å². The molecule has 1 aromatic carbocycles. The smallest absolute Gasteiger partial charge is 0.337 e. The van der Waals surface area contributed by atoms with Crippen LogP contribution in [-0.4, -0.2) is 62.9 Å². The lowest BCUT2D eigenvalue weighted by atomic mass is 10.0. The zero-order chi connectivity index (χ0) is 20.0. The van der Waals surface area contributed by atoms with Crippen LogP contribution in [-0.2, 0) is 30.4 Å². The molecule has 0 aliphatic carbocycles. The van der Waals surface area contributed by atoms with Crippen LogP contribution in [0.2, 0.25) is 0 Å². The first-order chi connectivity index (χ1) is 13.3. The summed E-state index contributed by atoms with van der Waals surface area (Å²) in [5, 5.41) is 20.3. The van der Waals surface area contributed by atoms with E-state index >= 15 is 0 Å². The van der Waals surface area contributed by atoms with E-state index in [0.717, 1.165) is 0 Å². The fraction of sp³-hybridized carbons (Fsp3) is 0.500. The molecule has 2 N–H and O–H groups in total. The van der Waals surface area contributed by atoms with Crippen molar-refractivity contribution in [1.82, 2.24) is 5.06 Å². The molecule has 2 saturated heterocycles. The number of hydrogen-bond acceptors (Lipinski definition) is 9. The SMILES string of the molecule is CC1OC2Oc3ccc(CC(=O)ON4C(=O)CCC4=O)cc3SC2C(O)C1O. The third-order valence-corrected chi connectivity index (χ3v) is 6.19. The Morgan fingerprint density at radius 2 is 1.96 bits per heavy atom. The summed E-state index contributed by atoms with van der Waals surface area (Å²) >= 11 is 1.30. The molecule has 0 saturated carbocycles. The number of nitrogens with zero attached hydrogens (tertiary/aromatic N) is 1. The van der Waals surface area contributed by atoms with Crippen LogP contribution in [0.3, 0.4) is 0 Å². The highest BCUT2D eigenvalue weighted by Gasteiger charge is 2.47. The number of hydrogen-bond donors (Lipinski definition) is 2. The highest BCUT2D eigenvalue weighted by atomic mass is 32.2. The van der Waals surface area contributed by atoms with Crippen molar-refractivity contribution in [2.75, 3.05) is 0 Å². The predicted molar refractivity (Wildman–Crippen MR) is 93.9 cm³/mol. The average molecular weight is 409 g/mol. The Bertz CT molecular complexity index is 814. The Balaban J connectivity index is 1.45. The van der Waals surface area contributed by atoms with Gasteiger partial charge in [-0.2, -0.15) is 0 Å². The van der Waals surface area contributed by atoms with Gasteiger partial charge in [-0.05, 0) is 24.6 Å². The molecule has 0 spiro atoms. The molecule has 150 valence electrons. The van der Waals surface area contributed by atoms with E-state index in [1.807, 2.05) is 0 Å². The number of ether oxygens (including phenoxy) is 2. The number of benzene rings is 1. The second-order valence-corrected chi connectivity index (χ2v) is 8.11. The summed E-state index contributed by atoms with van der Waals surface area (Å²) < 4.78 is 11.4. The lowest BCUT2D eigenvalue weighted by Gasteiger charge is -2.43. The summed E-state index contributed by atoms with van der Waals surface area (Å²) in [7, 11) is 0. The maximum atomic E-state index is 12.1. The molecule has 0 radical (unpaired) electrons. The van der Waals surface area contributed by atoms with Crippen molar-refractivity contribution in [2.24, 2.45) is 0 Å². The Morgan fingerprint density at radius 1 is 1.25 bits per heavy atom. The summed E-state index contributed by atoms with van der Waals surface area (Å²) in [6.07, 6.45) is -3.34. The van der Waals surface area contributed by atoms with Crippen molar-refractivity contribution in [1.29, 1.82) is 0 Å².